The van der Waals surface area contributed by atoms with Crippen molar-refractivity contribution in [3.8, 4) is 0 Å². The van der Waals surface area contributed by atoms with Gasteiger partial charge < -0.3 is 5.32 Å². The van der Waals surface area contributed by atoms with Gasteiger partial charge in [-0.05, 0) is 38.3 Å². The van der Waals surface area contributed by atoms with Crippen molar-refractivity contribution in [2.24, 2.45) is 0 Å². The van der Waals surface area contributed by atoms with E-state index in [0.29, 0.717) is 6.54 Å². The van der Waals surface area contributed by atoms with Crippen molar-refractivity contribution >= 4 is 11.8 Å². The Labute approximate surface area is 90.0 Å². The number of hydrogen-bond acceptors (Lipinski definition) is 2. The molecule has 0 aromatic heterocycles. The van der Waals surface area contributed by atoms with Gasteiger partial charge in [-0.3, -0.25) is 0 Å². The highest BCUT2D eigenvalue weighted by atomic mass is 32.2. The molecule has 0 radical (unpaired) electrons. The Morgan fingerprint density at radius 2 is 1.79 bits per heavy atom. The van der Waals surface area contributed by atoms with Gasteiger partial charge in [0.1, 0.15) is 0 Å². The van der Waals surface area contributed by atoms with Gasteiger partial charge in [0.25, 0.3) is 6.43 Å². The molecule has 1 unspecified atom stereocenters. The van der Waals surface area contributed by atoms with Gasteiger partial charge in [0, 0.05) is 0 Å². The van der Waals surface area contributed by atoms with E-state index in [2.05, 4.69) is 11.6 Å². The summed E-state index contributed by atoms with van der Waals surface area (Å²) in [5.74, 6) is 1.21. The molecule has 0 aliphatic carbocycles. The predicted molar refractivity (Wildman–Crippen MR) is 60.3 cm³/mol. The Kier molecular flexibility index (Phi) is 9.83. The van der Waals surface area contributed by atoms with Crippen molar-refractivity contribution < 1.29 is 8.78 Å². The van der Waals surface area contributed by atoms with E-state index in [1.807, 2.05) is 11.8 Å². The maximum atomic E-state index is 12.0. The quantitative estimate of drug-likeness (QED) is 0.605. The van der Waals surface area contributed by atoms with E-state index in [-0.39, 0.29) is 0 Å². The highest BCUT2D eigenvalue weighted by Crippen LogP contribution is 2.04. The Bertz CT molecular complexity index is 123. The SMILES string of the molecule is CSCCCCCCNC(C)C(F)F. The van der Waals surface area contributed by atoms with Gasteiger partial charge in [-0.15, -0.1) is 0 Å². The molecule has 0 amide bonds. The van der Waals surface area contributed by atoms with Gasteiger partial charge in [0.15, 0.2) is 0 Å². The lowest BCUT2D eigenvalue weighted by Gasteiger charge is -2.11. The lowest BCUT2D eigenvalue weighted by atomic mass is 10.2. The second-order valence-electron chi connectivity index (χ2n) is 3.48. The van der Waals surface area contributed by atoms with Crippen LogP contribution < -0.4 is 5.32 Å². The summed E-state index contributed by atoms with van der Waals surface area (Å²) in [4.78, 5) is 0. The topological polar surface area (TPSA) is 12.0 Å². The second kappa shape index (κ2) is 9.71. The number of nitrogens with one attached hydrogen (secondary N) is 1. The summed E-state index contributed by atoms with van der Waals surface area (Å²) >= 11 is 1.86. The van der Waals surface area contributed by atoms with Crippen LogP contribution in [-0.2, 0) is 0 Å². The first-order valence-corrected chi connectivity index (χ1v) is 6.58. The Hall–Kier alpha value is 0.170. The van der Waals surface area contributed by atoms with Gasteiger partial charge in [0.2, 0.25) is 0 Å². The highest BCUT2D eigenvalue weighted by molar-refractivity contribution is 7.98. The lowest BCUT2D eigenvalue weighted by Crippen LogP contribution is -2.33. The predicted octanol–water partition coefficient (Wildman–Crippen LogP) is 3.15. The minimum Gasteiger partial charge on any atom is -0.309 e. The smallest absolute Gasteiger partial charge is 0.253 e. The summed E-state index contributed by atoms with van der Waals surface area (Å²) in [5, 5.41) is 2.82. The highest BCUT2D eigenvalue weighted by Gasteiger charge is 2.12. The molecule has 0 aliphatic rings. The molecule has 1 nitrogen and oxygen atoms in total. The van der Waals surface area contributed by atoms with Crippen molar-refractivity contribution in [1.82, 2.24) is 5.32 Å². The van der Waals surface area contributed by atoms with Gasteiger partial charge in [0.05, 0.1) is 6.04 Å². The Morgan fingerprint density at radius 3 is 2.36 bits per heavy atom. The van der Waals surface area contributed by atoms with Crippen LogP contribution >= 0.6 is 11.8 Å². The molecule has 14 heavy (non-hydrogen) atoms. The standard InChI is InChI=1S/C10H21F2NS/c1-9(10(11)12)13-7-5-3-4-6-8-14-2/h9-10,13H,3-8H2,1-2H3. The first-order valence-electron chi connectivity index (χ1n) is 5.19. The molecule has 0 spiro atoms. The van der Waals surface area contributed by atoms with Gasteiger partial charge in [-0.25, -0.2) is 8.78 Å². The van der Waals surface area contributed by atoms with Crippen LogP contribution in [0.4, 0.5) is 8.78 Å². The Balaban J connectivity index is 3.06. The molecule has 0 aromatic carbocycles. The summed E-state index contributed by atoms with van der Waals surface area (Å²) in [6.45, 7) is 2.24. The summed E-state index contributed by atoms with van der Waals surface area (Å²) in [6, 6.07) is -0.666. The molecule has 0 fully saturated rings. The summed E-state index contributed by atoms with van der Waals surface area (Å²) in [6.07, 6.45) is 4.46. The maximum absolute atomic E-state index is 12.0. The minimum absolute atomic E-state index is 0.666. The molecule has 0 saturated heterocycles. The number of thioether (sulfide) groups is 1. The second-order valence-corrected chi connectivity index (χ2v) is 4.47. The third-order valence-corrected chi connectivity index (χ3v) is 2.82. The zero-order valence-corrected chi connectivity index (χ0v) is 9.88. The zero-order valence-electron chi connectivity index (χ0n) is 9.06. The van der Waals surface area contributed by atoms with Crippen LogP contribution in [-0.4, -0.2) is 31.0 Å². The van der Waals surface area contributed by atoms with Crippen LogP contribution in [0.5, 0.6) is 0 Å². The molecule has 0 aromatic rings. The summed E-state index contributed by atoms with van der Waals surface area (Å²) < 4.78 is 24.1. The third-order valence-electron chi connectivity index (χ3n) is 2.12. The normalized spacial score (nSPS) is 13.5. The van der Waals surface area contributed by atoms with Crippen molar-refractivity contribution in [1.29, 1.82) is 0 Å². The number of hydrogen-bond donors (Lipinski definition) is 1. The van der Waals surface area contributed by atoms with Crippen molar-refractivity contribution in [2.75, 3.05) is 18.6 Å². The molecule has 1 atom stereocenters. The van der Waals surface area contributed by atoms with Crippen LogP contribution in [0, 0.1) is 0 Å². The molecular weight excluding hydrogens is 204 g/mol. The Morgan fingerprint density at radius 1 is 1.14 bits per heavy atom. The summed E-state index contributed by atoms with van der Waals surface area (Å²) in [7, 11) is 0. The van der Waals surface area contributed by atoms with Gasteiger partial charge >= 0.3 is 0 Å². The molecule has 4 heteroatoms. The number of unbranched alkanes of at least 4 members (excludes halogenated alkanes) is 3. The van der Waals surface area contributed by atoms with Crippen LogP contribution in [0.15, 0.2) is 0 Å². The average Bonchev–Trinajstić information content (AvgIpc) is 2.16. The molecule has 0 rings (SSSR count). The van der Waals surface area contributed by atoms with Crippen LogP contribution in [0.1, 0.15) is 32.6 Å². The molecule has 0 bridgehead atoms. The maximum Gasteiger partial charge on any atom is 0.253 e. The van der Waals surface area contributed by atoms with E-state index >= 15 is 0 Å². The largest absolute Gasteiger partial charge is 0.309 e. The van der Waals surface area contributed by atoms with Crippen molar-refractivity contribution in [3.05, 3.63) is 0 Å². The molecular formula is C10H21F2NS. The van der Waals surface area contributed by atoms with Crippen LogP contribution in [0.3, 0.4) is 0 Å². The van der Waals surface area contributed by atoms with E-state index in [4.69, 9.17) is 0 Å². The van der Waals surface area contributed by atoms with E-state index in [0.717, 1.165) is 12.8 Å². The monoisotopic (exact) mass is 225 g/mol. The van der Waals surface area contributed by atoms with E-state index in [9.17, 15) is 8.78 Å². The number of rotatable bonds is 9. The molecule has 0 aliphatic heterocycles. The van der Waals surface area contributed by atoms with Crippen LogP contribution in [0.25, 0.3) is 0 Å². The zero-order chi connectivity index (χ0) is 10.8. The van der Waals surface area contributed by atoms with Crippen molar-refractivity contribution in [2.45, 2.75) is 45.1 Å². The van der Waals surface area contributed by atoms with E-state index in [1.165, 1.54) is 25.5 Å². The minimum atomic E-state index is -2.24. The fraction of sp³-hybridized carbons (Fsp3) is 1.00. The summed E-state index contributed by atoms with van der Waals surface area (Å²) in [5.41, 5.74) is 0. The average molecular weight is 225 g/mol. The third kappa shape index (κ3) is 8.75. The first-order chi connectivity index (χ1) is 6.68. The fourth-order valence-electron chi connectivity index (χ4n) is 1.14. The molecule has 86 valence electrons. The molecule has 1 N–H and O–H groups in total. The van der Waals surface area contributed by atoms with E-state index < -0.39 is 12.5 Å². The van der Waals surface area contributed by atoms with E-state index in [1.54, 1.807) is 0 Å². The van der Waals surface area contributed by atoms with Gasteiger partial charge in [-0.1, -0.05) is 12.8 Å². The van der Waals surface area contributed by atoms with Gasteiger partial charge in [-0.2, -0.15) is 11.8 Å². The fourth-order valence-corrected chi connectivity index (χ4v) is 1.64. The molecule has 0 heterocycles. The lowest BCUT2D eigenvalue weighted by molar-refractivity contribution is 0.106. The van der Waals surface area contributed by atoms with Crippen LogP contribution in [0.2, 0.25) is 0 Å². The molecule has 0 saturated carbocycles. The number of halogens is 2. The first kappa shape index (κ1) is 14.2. The number of alkyl halides is 2. The van der Waals surface area contributed by atoms with Crippen molar-refractivity contribution in [3.63, 3.8) is 0 Å².